The summed E-state index contributed by atoms with van der Waals surface area (Å²) >= 11 is 0. The molecular formula is C12H14N2O. The van der Waals surface area contributed by atoms with Crippen LogP contribution in [0.3, 0.4) is 0 Å². The average molecular weight is 202 g/mol. The first-order valence-electron chi connectivity index (χ1n) is 4.90. The molecule has 0 fully saturated rings. The van der Waals surface area contributed by atoms with Crippen LogP contribution in [0.25, 0.3) is 0 Å². The Labute approximate surface area is 89.7 Å². The second-order valence-electron chi connectivity index (χ2n) is 3.64. The van der Waals surface area contributed by atoms with Crippen LogP contribution in [0.2, 0.25) is 0 Å². The summed E-state index contributed by atoms with van der Waals surface area (Å²) in [5, 5.41) is 11.6. The van der Waals surface area contributed by atoms with E-state index in [2.05, 4.69) is 11.4 Å². The number of nitrogens with zero attached hydrogens (tertiary/aromatic N) is 1. The average Bonchev–Trinajstić information content (AvgIpc) is 2.26. The minimum absolute atomic E-state index is 0.106. The van der Waals surface area contributed by atoms with Gasteiger partial charge in [0, 0.05) is 5.92 Å². The highest BCUT2D eigenvalue weighted by Crippen LogP contribution is 2.11. The number of carbonyl (C=O) groups is 1. The van der Waals surface area contributed by atoms with Crippen LogP contribution in [-0.2, 0) is 4.79 Å². The third-order valence-corrected chi connectivity index (χ3v) is 2.07. The van der Waals surface area contributed by atoms with Gasteiger partial charge < -0.3 is 5.32 Å². The summed E-state index contributed by atoms with van der Waals surface area (Å²) in [6.07, 6.45) is 0. The molecule has 1 rings (SSSR count). The summed E-state index contributed by atoms with van der Waals surface area (Å²) in [5.74, 6) is -0.213. The Morgan fingerprint density at radius 3 is 2.40 bits per heavy atom. The van der Waals surface area contributed by atoms with Crippen LogP contribution in [0.5, 0.6) is 0 Å². The van der Waals surface area contributed by atoms with Gasteiger partial charge in [-0.1, -0.05) is 44.2 Å². The standard InChI is InChI=1S/C12H14N2O/c1-9(2)12(15)14-11(8-13)10-6-4-3-5-7-10/h3-7,9,11H,1-2H3,(H,14,15). The van der Waals surface area contributed by atoms with Gasteiger partial charge in [-0.25, -0.2) is 0 Å². The maximum atomic E-state index is 11.4. The fourth-order valence-corrected chi connectivity index (χ4v) is 1.14. The first-order chi connectivity index (χ1) is 7.15. The number of nitriles is 1. The van der Waals surface area contributed by atoms with Crippen molar-refractivity contribution in [3.8, 4) is 6.07 Å². The number of benzene rings is 1. The van der Waals surface area contributed by atoms with Crippen molar-refractivity contribution in [2.24, 2.45) is 5.92 Å². The molecule has 0 aliphatic carbocycles. The van der Waals surface area contributed by atoms with Gasteiger partial charge in [0.05, 0.1) is 6.07 Å². The molecule has 0 saturated carbocycles. The first-order valence-corrected chi connectivity index (χ1v) is 4.90. The Morgan fingerprint density at radius 1 is 1.33 bits per heavy atom. The first kappa shape index (κ1) is 11.3. The van der Waals surface area contributed by atoms with E-state index in [1.54, 1.807) is 13.8 Å². The molecule has 0 aromatic heterocycles. The molecule has 0 spiro atoms. The van der Waals surface area contributed by atoms with Gasteiger partial charge in [0.2, 0.25) is 5.91 Å². The zero-order valence-corrected chi connectivity index (χ0v) is 8.90. The van der Waals surface area contributed by atoms with E-state index in [-0.39, 0.29) is 11.8 Å². The molecule has 3 heteroatoms. The summed E-state index contributed by atoms with van der Waals surface area (Å²) in [7, 11) is 0. The molecule has 1 aromatic rings. The zero-order valence-electron chi connectivity index (χ0n) is 8.90. The molecule has 3 nitrogen and oxygen atoms in total. The molecule has 78 valence electrons. The molecule has 1 amide bonds. The van der Waals surface area contributed by atoms with Crippen LogP contribution >= 0.6 is 0 Å². The molecule has 0 aliphatic heterocycles. The topological polar surface area (TPSA) is 52.9 Å². The molecule has 1 atom stereocenters. The Hall–Kier alpha value is -1.82. The number of rotatable bonds is 3. The van der Waals surface area contributed by atoms with Crippen LogP contribution in [0.4, 0.5) is 0 Å². The second-order valence-corrected chi connectivity index (χ2v) is 3.64. The minimum atomic E-state index is -0.555. The summed E-state index contributed by atoms with van der Waals surface area (Å²) < 4.78 is 0. The molecule has 15 heavy (non-hydrogen) atoms. The van der Waals surface area contributed by atoms with Crippen LogP contribution in [0.1, 0.15) is 25.5 Å². The fourth-order valence-electron chi connectivity index (χ4n) is 1.14. The molecule has 0 saturated heterocycles. The third kappa shape index (κ3) is 3.10. The molecule has 0 heterocycles. The van der Waals surface area contributed by atoms with Crippen LogP contribution in [-0.4, -0.2) is 5.91 Å². The summed E-state index contributed by atoms with van der Waals surface area (Å²) in [6.45, 7) is 3.60. The summed E-state index contributed by atoms with van der Waals surface area (Å²) in [4.78, 5) is 11.4. The van der Waals surface area contributed by atoms with Crippen molar-refractivity contribution in [2.75, 3.05) is 0 Å². The Morgan fingerprint density at radius 2 is 1.93 bits per heavy atom. The van der Waals surface area contributed by atoms with Gasteiger partial charge in [0.1, 0.15) is 6.04 Å². The van der Waals surface area contributed by atoms with Crippen LogP contribution < -0.4 is 5.32 Å². The SMILES string of the molecule is CC(C)C(=O)NC(C#N)c1ccccc1. The van der Waals surface area contributed by atoms with Gasteiger partial charge in [0.15, 0.2) is 0 Å². The highest BCUT2D eigenvalue weighted by Gasteiger charge is 2.15. The van der Waals surface area contributed by atoms with Crippen molar-refractivity contribution in [3.63, 3.8) is 0 Å². The molecule has 0 bridgehead atoms. The van der Waals surface area contributed by atoms with Crippen LogP contribution in [0, 0.1) is 17.2 Å². The number of nitrogens with one attached hydrogen (secondary N) is 1. The van der Waals surface area contributed by atoms with Crippen molar-refractivity contribution in [3.05, 3.63) is 35.9 Å². The van der Waals surface area contributed by atoms with E-state index >= 15 is 0 Å². The smallest absolute Gasteiger partial charge is 0.223 e. The molecule has 0 aliphatic rings. The van der Waals surface area contributed by atoms with E-state index in [1.807, 2.05) is 30.3 Å². The van der Waals surface area contributed by atoms with Gasteiger partial charge in [-0.15, -0.1) is 0 Å². The predicted octanol–water partition coefficient (Wildman–Crippen LogP) is 2.02. The monoisotopic (exact) mass is 202 g/mol. The summed E-state index contributed by atoms with van der Waals surface area (Å²) in [5.41, 5.74) is 0.814. The molecule has 0 radical (unpaired) electrons. The van der Waals surface area contributed by atoms with Crippen molar-refractivity contribution in [1.29, 1.82) is 5.26 Å². The van der Waals surface area contributed by atoms with Crippen molar-refractivity contribution >= 4 is 5.91 Å². The molecular weight excluding hydrogens is 188 g/mol. The van der Waals surface area contributed by atoms with E-state index in [0.29, 0.717) is 0 Å². The molecule has 1 N–H and O–H groups in total. The molecule has 1 aromatic carbocycles. The maximum Gasteiger partial charge on any atom is 0.223 e. The molecule has 1 unspecified atom stereocenters. The lowest BCUT2D eigenvalue weighted by Gasteiger charge is -2.13. The van der Waals surface area contributed by atoms with E-state index in [0.717, 1.165) is 5.56 Å². The zero-order chi connectivity index (χ0) is 11.3. The van der Waals surface area contributed by atoms with Crippen molar-refractivity contribution in [2.45, 2.75) is 19.9 Å². The predicted molar refractivity (Wildman–Crippen MR) is 57.8 cm³/mol. The van der Waals surface area contributed by atoms with Crippen molar-refractivity contribution in [1.82, 2.24) is 5.32 Å². The Kier molecular flexibility index (Phi) is 3.87. The lowest BCUT2D eigenvalue weighted by Crippen LogP contribution is -2.31. The highest BCUT2D eigenvalue weighted by atomic mass is 16.1. The fraction of sp³-hybridized carbons (Fsp3) is 0.333. The van der Waals surface area contributed by atoms with Crippen molar-refractivity contribution < 1.29 is 4.79 Å². The van der Waals surface area contributed by atoms with Gasteiger partial charge in [-0.3, -0.25) is 4.79 Å². The van der Waals surface area contributed by atoms with Crippen LogP contribution in [0.15, 0.2) is 30.3 Å². The Balaban J connectivity index is 2.75. The normalized spacial score (nSPS) is 11.9. The lowest BCUT2D eigenvalue weighted by molar-refractivity contribution is -0.124. The van der Waals surface area contributed by atoms with Gasteiger partial charge >= 0.3 is 0 Å². The van der Waals surface area contributed by atoms with E-state index in [1.165, 1.54) is 0 Å². The Bertz CT molecular complexity index is 365. The third-order valence-electron chi connectivity index (χ3n) is 2.07. The lowest BCUT2D eigenvalue weighted by atomic mass is 10.1. The minimum Gasteiger partial charge on any atom is -0.336 e. The number of amides is 1. The highest BCUT2D eigenvalue weighted by molar-refractivity contribution is 5.78. The number of carbonyl (C=O) groups excluding carboxylic acids is 1. The second kappa shape index (κ2) is 5.16. The van der Waals surface area contributed by atoms with Gasteiger partial charge in [-0.05, 0) is 5.56 Å². The summed E-state index contributed by atoms with van der Waals surface area (Å²) in [6, 6.07) is 10.7. The van der Waals surface area contributed by atoms with Gasteiger partial charge in [0.25, 0.3) is 0 Å². The largest absolute Gasteiger partial charge is 0.336 e. The maximum absolute atomic E-state index is 11.4. The van der Waals surface area contributed by atoms with E-state index in [9.17, 15) is 4.79 Å². The van der Waals surface area contributed by atoms with E-state index in [4.69, 9.17) is 5.26 Å². The van der Waals surface area contributed by atoms with Gasteiger partial charge in [-0.2, -0.15) is 5.26 Å². The van der Waals surface area contributed by atoms with E-state index < -0.39 is 6.04 Å². The quantitative estimate of drug-likeness (QED) is 0.815. The number of hydrogen-bond acceptors (Lipinski definition) is 2. The number of hydrogen-bond donors (Lipinski definition) is 1.